The van der Waals surface area contributed by atoms with Crippen molar-refractivity contribution in [3.05, 3.63) is 232 Å². The molecule has 30 nitrogen and oxygen atoms in total. The second kappa shape index (κ2) is 57.4. The van der Waals surface area contributed by atoms with Crippen LogP contribution in [0.1, 0.15) is 138 Å². The number of nitrogens with one attached hydrogen (secondary N) is 3. The van der Waals surface area contributed by atoms with Gasteiger partial charge in [0.2, 0.25) is 17.2 Å². The van der Waals surface area contributed by atoms with Gasteiger partial charge in [0.05, 0.1) is 142 Å². The Bertz CT molecular complexity index is 4740. The molecule has 3 heterocycles. The molecule has 3 saturated heterocycles. The van der Waals surface area contributed by atoms with Crippen LogP contribution in [0.2, 0.25) is 5.02 Å². The van der Waals surface area contributed by atoms with Crippen LogP contribution in [0.4, 0.5) is 8.78 Å². The first-order valence-electron chi connectivity index (χ1n) is 41.2. The third-order valence-electron chi connectivity index (χ3n) is 20.6. The second-order valence-corrected chi connectivity index (χ2v) is 32.8. The fraction of sp³-hybridized carbons (Fsp3) is 0.400. The molecule has 3 aliphatic heterocycles. The van der Waals surface area contributed by atoms with Crippen molar-refractivity contribution in [2.75, 3.05) is 144 Å². The number of hydrogen-bond donors (Lipinski definition) is 6. The summed E-state index contributed by atoms with van der Waals surface area (Å²) in [4.78, 5) is 3.13. The van der Waals surface area contributed by atoms with Crippen LogP contribution in [0.15, 0.2) is 160 Å². The van der Waals surface area contributed by atoms with E-state index >= 15 is 0 Å². The fourth-order valence-corrected chi connectivity index (χ4v) is 17.0. The van der Waals surface area contributed by atoms with E-state index in [2.05, 4.69) is 42.3 Å². The van der Waals surface area contributed by atoms with Crippen molar-refractivity contribution in [2.45, 2.75) is 122 Å². The summed E-state index contributed by atoms with van der Waals surface area (Å²) in [5.41, 5.74) is 17.0. The van der Waals surface area contributed by atoms with Gasteiger partial charge in [0, 0.05) is 94.4 Å². The fourth-order valence-electron chi connectivity index (χ4n) is 14.5. The number of ether oxygens (including phenoxy) is 18. The third-order valence-corrected chi connectivity index (χ3v) is 24.0. The SMILES string of the molecule is COc1cc([C@H]2CC[C@H](c3cc(OC)c(OC)c(OC)c3)O2)cc(CNN(C)O)c1OCCCSc1ccc(Cl)cc1.COc1cc([C@H]2CC[C@H](c3cc(OC)c(OC)c(OC)c3)O2)cc(CNN(C)O)c1OCCCSc1ccc(F)cc1.COc1cc([C@H]2CC[C@H](c3cc(OC)c(OC)c(OC)c3)O2)cc(CNN(C)O)c1OCCSc1ccc(F)cc1.[C-]#[O+].[C-]#[O+].[C-]#[O+]. The Balaban J connectivity index is 0.000000261. The Hall–Kier alpha value is -10.1. The summed E-state index contributed by atoms with van der Waals surface area (Å²) in [7, 11) is 23.7. The van der Waals surface area contributed by atoms with Crippen LogP contribution in [0, 0.1) is 31.6 Å². The molecule has 3 aliphatic rings. The molecule has 0 saturated carbocycles. The van der Waals surface area contributed by atoms with Gasteiger partial charge in [0.1, 0.15) is 11.6 Å². The van der Waals surface area contributed by atoms with E-state index in [1.54, 1.807) is 145 Å². The van der Waals surface area contributed by atoms with Crippen LogP contribution in [0.5, 0.6) is 86.2 Å². The predicted molar refractivity (Wildman–Crippen MR) is 488 cm³/mol. The Labute approximate surface area is 782 Å². The van der Waals surface area contributed by atoms with E-state index in [9.17, 15) is 24.4 Å². The van der Waals surface area contributed by atoms with Gasteiger partial charge in [-0.25, -0.2) is 25.1 Å². The van der Waals surface area contributed by atoms with Gasteiger partial charge in [-0.15, -0.1) is 50.8 Å². The molecule has 6 atom stereocenters. The molecular formula is C95H115ClF2N6O24S3. The van der Waals surface area contributed by atoms with Crippen molar-refractivity contribution in [3.63, 3.8) is 0 Å². The first-order valence-corrected chi connectivity index (χ1v) is 44.5. The zero-order valence-corrected chi connectivity index (χ0v) is 79.2. The third kappa shape index (κ3) is 31.8. The number of halogens is 3. The van der Waals surface area contributed by atoms with E-state index in [1.165, 1.54) is 50.3 Å². The van der Waals surface area contributed by atoms with Crippen molar-refractivity contribution in [2.24, 2.45) is 0 Å². The van der Waals surface area contributed by atoms with E-state index < -0.39 is 0 Å². The predicted octanol–water partition coefficient (Wildman–Crippen LogP) is 19.0. The van der Waals surface area contributed by atoms with Crippen molar-refractivity contribution < 1.29 is 124 Å². The number of thioether (sulfide) groups is 3. The number of nitrogens with zero attached hydrogens (tertiary/aromatic N) is 3. The summed E-state index contributed by atoms with van der Waals surface area (Å²) >= 11 is 11.0. The van der Waals surface area contributed by atoms with Crippen LogP contribution in [-0.2, 0) is 47.8 Å². The van der Waals surface area contributed by atoms with Gasteiger partial charge in [0.25, 0.3) is 0 Å². The van der Waals surface area contributed by atoms with Crippen molar-refractivity contribution >= 4 is 46.9 Å². The molecule has 708 valence electrons. The molecule has 0 aromatic heterocycles. The van der Waals surface area contributed by atoms with Crippen LogP contribution < -0.4 is 87.3 Å². The maximum atomic E-state index is 13.2. The van der Waals surface area contributed by atoms with E-state index in [4.69, 9.17) is 111 Å². The van der Waals surface area contributed by atoms with Gasteiger partial charge in [-0.1, -0.05) is 11.6 Å². The molecule has 9 aromatic carbocycles. The van der Waals surface area contributed by atoms with Crippen LogP contribution in [0.3, 0.4) is 0 Å². The first-order chi connectivity index (χ1) is 63.6. The minimum absolute atomic E-state index is 0.145. The van der Waals surface area contributed by atoms with E-state index in [1.807, 2.05) is 91.0 Å². The molecule has 131 heavy (non-hydrogen) atoms. The van der Waals surface area contributed by atoms with Gasteiger partial charge in [0.15, 0.2) is 69.0 Å². The first kappa shape index (κ1) is 108. The molecule has 0 amide bonds. The Kier molecular flexibility index (Phi) is 47.3. The van der Waals surface area contributed by atoms with Crippen LogP contribution >= 0.6 is 46.9 Å². The molecule has 0 aliphatic carbocycles. The molecule has 0 unspecified atom stereocenters. The van der Waals surface area contributed by atoms with Gasteiger partial charge in [-0.2, -0.15) is 0 Å². The monoisotopic (exact) mass is 1890 g/mol. The zero-order valence-electron chi connectivity index (χ0n) is 76.0. The molecule has 0 radical (unpaired) electrons. The summed E-state index contributed by atoms with van der Waals surface area (Å²) in [5.74, 6) is 10.6. The summed E-state index contributed by atoms with van der Waals surface area (Å²) in [5, 5.41) is 32.7. The van der Waals surface area contributed by atoms with Crippen molar-refractivity contribution in [1.29, 1.82) is 0 Å². The molecule has 3 fully saturated rings. The summed E-state index contributed by atoms with van der Waals surface area (Å²) in [6.07, 6.45) is 5.50. The van der Waals surface area contributed by atoms with Gasteiger partial charge in [-0.3, -0.25) is 15.6 Å². The van der Waals surface area contributed by atoms with Gasteiger partial charge < -0.3 is 85.3 Å². The standard InChI is InChI=1S/C31H39ClN2O7S.C31H39FN2O7S.C30H37FN2O7S.3CO/c2*1-34(35)33-19-22-15-20(16-27(36-2)30(22)40-13-6-14-42-24-9-7-23(32)8-10-24)25-11-12-26(41-25)21-17-28(37-3)31(39-5)29(18-21)38-4;1-33(34)32-18-21-14-19(15-26(35-2)29(21)39-12-13-41-23-8-6-22(31)7-9-23)24-10-11-25(40-24)20-16-27(36-3)30(38-5)28(17-20)37-4;3*1-2/h2*7-10,15-18,25-26,33,35H,6,11-14,19H2,1-5H3;6-9,14-17,24-25,32,34H,10-13,18H2,1-5H3;;;/t2*25-,26-;24-,25-;;;/m111.../s1. The van der Waals surface area contributed by atoms with Gasteiger partial charge >= 0.3 is 33.9 Å². The molecule has 0 bridgehead atoms. The normalized spacial score (nSPS) is 15.8. The number of benzene rings is 9. The number of hydrogen-bond acceptors (Lipinski definition) is 30. The zero-order chi connectivity index (χ0) is 95.5. The second-order valence-electron chi connectivity index (χ2n) is 28.8. The van der Waals surface area contributed by atoms with E-state index in [0.717, 1.165) is 143 Å². The number of hydrazine groups is 3. The quantitative estimate of drug-likeness (QED) is 0.00679. The molecule has 9 aromatic rings. The number of methoxy groups -OCH3 is 12. The van der Waals surface area contributed by atoms with E-state index in [-0.39, 0.29) is 48.3 Å². The maximum absolute atomic E-state index is 13.2. The number of rotatable bonds is 44. The van der Waals surface area contributed by atoms with Crippen molar-refractivity contribution in [1.82, 2.24) is 31.8 Å². The van der Waals surface area contributed by atoms with Crippen molar-refractivity contribution in [3.8, 4) is 86.2 Å². The Morgan fingerprint density at radius 1 is 0.328 bits per heavy atom. The molecule has 36 heteroatoms. The summed E-state index contributed by atoms with van der Waals surface area (Å²) < 4.78 is 154. The molecule has 12 rings (SSSR count). The average Bonchev–Trinajstić information content (AvgIpc) is 1.79. The Morgan fingerprint density at radius 3 is 0.771 bits per heavy atom. The minimum atomic E-state index is -0.262. The molecular weight excluding hydrogens is 1780 g/mol. The van der Waals surface area contributed by atoms with Gasteiger partial charge in [-0.05, 0) is 230 Å². The molecule has 6 N–H and O–H groups in total. The topological polar surface area (TPSA) is 332 Å². The number of hydroxylamine groups is 3. The summed E-state index contributed by atoms with van der Waals surface area (Å²) in [6, 6.07) is 44.2. The van der Waals surface area contributed by atoms with Crippen LogP contribution in [0.25, 0.3) is 0 Å². The average molecular weight is 1890 g/mol. The molecule has 0 spiro atoms. The Morgan fingerprint density at radius 2 is 0.542 bits per heavy atom. The van der Waals surface area contributed by atoms with E-state index in [0.29, 0.717) is 131 Å². The van der Waals surface area contributed by atoms with Crippen LogP contribution in [-0.4, -0.2) is 175 Å². The summed E-state index contributed by atoms with van der Waals surface area (Å²) in [6.45, 7) is 15.9.